The number of hydrogen-bond acceptors (Lipinski definition) is 5. The molecule has 2 N–H and O–H groups in total. The molecule has 4 aromatic carbocycles. The molecule has 0 fully saturated rings. The van der Waals surface area contributed by atoms with Gasteiger partial charge in [-0.05, 0) is 97.0 Å². The fraction of sp³-hybridized carbons (Fsp3) is 0.378. The largest absolute Gasteiger partial charge is 0.490 e. The van der Waals surface area contributed by atoms with Crippen LogP contribution in [0.4, 0.5) is 0 Å². The van der Waals surface area contributed by atoms with Gasteiger partial charge in [0.25, 0.3) is 0 Å². The molecule has 52 heavy (non-hydrogen) atoms. The van der Waals surface area contributed by atoms with Crippen LogP contribution in [0.15, 0.2) is 95.9 Å². The molecule has 0 aliphatic heterocycles. The van der Waals surface area contributed by atoms with Crippen LogP contribution in [-0.4, -0.2) is 40.3 Å². The molecule has 3 atom stereocenters. The number of Topliss-reactive ketones (excluding diaryl/α,β-unsaturated/α-hetero) is 1. The highest BCUT2D eigenvalue weighted by Crippen LogP contribution is 2.50. The number of nitrogens with one attached hydrogen (secondary N) is 1. The van der Waals surface area contributed by atoms with Gasteiger partial charge < -0.3 is 19.6 Å². The molecule has 0 radical (unpaired) electrons. The lowest BCUT2D eigenvalue weighted by atomic mass is 9.63. The molecule has 0 amide bonds. The average molecular weight is 718 g/mol. The first-order valence-corrected chi connectivity index (χ1v) is 19.6. The first-order chi connectivity index (χ1) is 25.1. The Balaban J connectivity index is 1.46. The fourth-order valence-corrected chi connectivity index (χ4v) is 8.53. The minimum Gasteiger partial charge on any atom is -0.490 e. The lowest BCUT2D eigenvalue weighted by molar-refractivity contribution is -0.139. The van der Waals surface area contributed by atoms with Gasteiger partial charge in [0, 0.05) is 32.3 Å². The highest BCUT2D eigenvalue weighted by molar-refractivity contribution is 7.99. The number of carboxylic acids is 1. The molecule has 6 rings (SSSR count). The summed E-state index contributed by atoms with van der Waals surface area (Å²) in [7, 11) is 0. The molecular formula is C45H51NO5S. The summed E-state index contributed by atoms with van der Waals surface area (Å²) < 4.78 is 12.2. The van der Waals surface area contributed by atoms with Crippen LogP contribution in [0.3, 0.4) is 0 Å². The zero-order valence-electron chi connectivity index (χ0n) is 31.0. The van der Waals surface area contributed by atoms with E-state index < -0.39 is 17.3 Å². The Morgan fingerprint density at radius 1 is 0.865 bits per heavy atom. The van der Waals surface area contributed by atoms with Crippen molar-refractivity contribution < 1.29 is 24.2 Å². The highest BCUT2D eigenvalue weighted by atomic mass is 32.2. The SMILES string of the molecule is CCCOc1ccc(CC2(C(=O)c3ccc(CC(C)c4ccccc4)cc3)CCC(C(=O)O)c3c2[nH]c2ccc(SC(C)C)cc32)cc1OCCC. The molecule has 0 saturated heterocycles. The molecule has 7 heteroatoms. The molecule has 5 aromatic rings. The van der Waals surface area contributed by atoms with Crippen molar-refractivity contribution in [2.45, 2.75) is 101 Å². The van der Waals surface area contributed by atoms with Crippen molar-refractivity contribution >= 4 is 34.4 Å². The third-order valence-corrected chi connectivity index (χ3v) is 11.2. The fourth-order valence-electron chi connectivity index (χ4n) is 7.66. The Bertz CT molecular complexity index is 2000. The van der Waals surface area contributed by atoms with Crippen LogP contribution in [0.1, 0.15) is 110 Å². The second kappa shape index (κ2) is 16.5. The van der Waals surface area contributed by atoms with Crippen molar-refractivity contribution in [2.75, 3.05) is 13.2 Å². The topological polar surface area (TPSA) is 88.6 Å². The van der Waals surface area contributed by atoms with E-state index in [0.717, 1.165) is 46.2 Å². The Labute approximate surface area is 312 Å². The van der Waals surface area contributed by atoms with E-state index in [-0.39, 0.29) is 5.78 Å². The Hall–Kier alpha value is -4.49. The van der Waals surface area contributed by atoms with Crippen LogP contribution in [0.5, 0.6) is 11.5 Å². The number of carbonyl (C=O) groups excluding carboxylic acids is 1. The normalized spacial score (nSPS) is 17.5. The summed E-state index contributed by atoms with van der Waals surface area (Å²) in [4.78, 5) is 32.9. The van der Waals surface area contributed by atoms with Crippen molar-refractivity contribution in [1.29, 1.82) is 0 Å². The molecule has 0 saturated carbocycles. The first kappa shape index (κ1) is 37.3. The van der Waals surface area contributed by atoms with Gasteiger partial charge in [0.2, 0.25) is 0 Å². The van der Waals surface area contributed by atoms with Gasteiger partial charge in [0.1, 0.15) is 0 Å². The van der Waals surface area contributed by atoms with E-state index in [1.54, 1.807) is 11.8 Å². The second-order valence-corrected chi connectivity index (χ2v) is 16.1. The predicted octanol–water partition coefficient (Wildman–Crippen LogP) is 10.9. The average Bonchev–Trinajstić information content (AvgIpc) is 3.53. The molecule has 3 unspecified atom stereocenters. The zero-order chi connectivity index (χ0) is 36.8. The summed E-state index contributed by atoms with van der Waals surface area (Å²) in [6.45, 7) is 11.8. The van der Waals surface area contributed by atoms with Crippen molar-refractivity contribution in [3.63, 3.8) is 0 Å². The van der Waals surface area contributed by atoms with Crippen LogP contribution < -0.4 is 9.47 Å². The van der Waals surface area contributed by atoms with Crippen molar-refractivity contribution in [2.24, 2.45) is 0 Å². The molecule has 1 heterocycles. The minimum atomic E-state index is -1.03. The van der Waals surface area contributed by atoms with Gasteiger partial charge in [0.15, 0.2) is 17.3 Å². The summed E-state index contributed by atoms with van der Waals surface area (Å²) >= 11 is 1.75. The van der Waals surface area contributed by atoms with E-state index in [9.17, 15) is 9.90 Å². The number of aromatic amines is 1. The molecule has 272 valence electrons. The van der Waals surface area contributed by atoms with Gasteiger partial charge in [-0.2, -0.15) is 0 Å². The van der Waals surface area contributed by atoms with Crippen LogP contribution in [-0.2, 0) is 23.1 Å². The lowest BCUT2D eigenvalue weighted by Crippen LogP contribution is -2.43. The van der Waals surface area contributed by atoms with E-state index in [1.165, 1.54) is 11.1 Å². The number of ether oxygens (including phenoxy) is 2. The van der Waals surface area contributed by atoms with Gasteiger partial charge >= 0.3 is 5.97 Å². The van der Waals surface area contributed by atoms with Crippen LogP contribution >= 0.6 is 11.8 Å². The third kappa shape index (κ3) is 7.95. The number of aromatic nitrogens is 1. The Morgan fingerprint density at radius 3 is 2.23 bits per heavy atom. The number of thioether (sulfide) groups is 1. The van der Waals surface area contributed by atoms with Gasteiger partial charge in [0.05, 0.1) is 24.5 Å². The molecule has 1 aliphatic rings. The summed E-state index contributed by atoms with van der Waals surface area (Å²) in [6, 6.07) is 30.7. The molecular weight excluding hydrogens is 667 g/mol. The summed E-state index contributed by atoms with van der Waals surface area (Å²) in [5.41, 5.74) is 5.27. The van der Waals surface area contributed by atoms with Gasteiger partial charge in [-0.25, -0.2) is 0 Å². The van der Waals surface area contributed by atoms with Crippen molar-refractivity contribution in [3.05, 3.63) is 125 Å². The maximum absolute atomic E-state index is 15.2. The number of H-pyrrole nitrogens is 1. The maximum Gasteiger partial charge on any atom is 0.311 e. The number of hydrogen-bond donors (Lipinski definition) is 2. The van der Waals surface area contributed by atoms with E-state index in [1.807, 2.05) is 42.5 Å². The number of rotatable bonds is 16. The third-order valence-electron chi connectivity index (χ3n) is 10.2. The first-order valence-electron chi connectivity index (χ1n) is 18.8. The van der Waals surface area contributed by atoms with Crippen LogP contribution in [0.2, 0.25) is 0 Å². The van der Waals surface area contributed by atoms with Gasteiger partial charge in [-0.15, -0.1) is 11.8 Å². The van der Waals surface area contributed by atoms with Crippen LogP contribution in [0.25, 0.3) is 10.9 Å². The molecule has 0 spiro atoms. The highest BCUT2D eigenvalue weighted by Gasteiger charge is 2.49. The molecule has 6 nitrogen and oxygen atoms in total. The standard InChI is InChI=1S/C45H51NO5S/c1-6-23-50-39-20-15-32(26-40(39)51-24-7-2)28-45(43(47)34-16-13-31(14-17-34)25-30(5)33-11-9-8-10-12-33)22-21-36(44(48)49)41-37-27-35(52-29(3)4)18-19-38(37)46-42(41)45/h8-20,26-27,29-30,36,46H,6-7,21-25,28H2,1-5H3,(H,48,49). The second-order valence-electron chi connectivity index (χ2n) is 14.5. The quantitative estimate of drug-likeness (QED) is 0.0780. The van der Waals surface area contributed by atoms with E-state index in [2.05, 4.69) is 88.1 Å². The number of fused-ring (bicyclic) bond motifs is 3. The van der Waals surface area contributed by atoms with Crippen LogP contribution in [0, 0.1) is 0 Å². The number of benzene rings is 4. The Kier molecular flexibility index (Phi) is 11.8. The number of ketones is 1. The molecule has 1 aliphatic carbocycles. The monoisotopic (exact) mass is 717 g/mol. The smallest absolute Gasteiger partial charge is 0.311 e. The Morgan fingerprint density at radius 2 is 1.56 bits per heavy atom. The van der Waals surface area contributed by atoms with Gasteiger partial charge in [-0.3, -0.25) is 9.59 Å². The predicted molar refractivity (Wildman–Crippen MR) is 212 cm³/mol. The summed E-state index contributed by atoms with van der Waals surface area (Å²) in [6.07, 6.45) is 3.72. The number of aliphatic carboxylic acids is 1. The summed E-state index contributed by atoms with van der Waals surface area (Å²) in [5, 5.41) is 11.8. The van der Waals surface area contributed by atoms with E-state index >= 15 is 4.79 Å². The number of carbonyl (C=O) groups is 2. The van der Waals surface area contributed by atoms with Crippen molar-refractivity contribution in [3.8, 4) is 11.5 Å². The van der Waals surface area contributed by atoms with E-state index in [0.29, 0.717) is 66.4 Å². The van der Waals surface area contributed by atoms with Gasteiger partial charge in [-0.1, -0.05) is 95.3 Å². The number of carboxylic acid groups (broad SMARTS) is 1. The minimum absolute atomic E-state index is 0.00841. The molecule has 1 aromatic heterocycles. The van der Waals surface area contributed by atoms with E-state index in [4.69, 9.17) is 9.47 Å². The summed E-state index contributed by atoms with van der Waals surface area (Å²) in [5.74, 6) is 0.0932. The zero-order valence-corrected chi connectivity index (χ0v) is 31.9. The lowest BCUT2D eigenvalue weighted by Gasteiger charge is -2.38. The van der Waals surface area contributed by atoms with Crippen molar-refractivity contribution in [1.82, 2.24) is 4.98 Å². The molecule has 0 bridgehead atoms. The maximum atomic E-state index is 15.2.